The summed E-state index contributed by atoms with van der Waals surface area (Å²) >= 11 is 1.38. The lowest BCUT2D eigenvalue weighted by atomic mass is 10.0. The van der Waals surface area contributed by atoms with Crippen LogP contribution in [-0.2, 0) is 11.2 Å². The van der Waals surface area contributed by atoms with Crippen molar-refractivity contribution in [3.8, 4) is 0 Å². The van der Waals surface area contributed by atoms with Crippen LogP contribution in [0.1, 0.15) is 18.9 Å². The van der Waals surface area contributed by atoms with Crippen LogP contribution in [0.15, 0.2) is 58.2 Å². The van der Waals surface area contributed by atoms with Gasteiger partial charge < -0.3 is 9.32 Å². The molecule has 24 heavy (non-hydrogen) atoms. The van der Waals surface area contributed by atoms with E-state index in [2.05, 4.69) is 11.1 Å². The number of carbonyl (C=O) groups is 1. The summed E-state index contributed by atoms with van der Waals surface area (Å²) in [6.07, 6.45) is 2.04. The highest BCUT2D eigenvalue weighted by Gasteiger charge is 2.27. The van der Waals surface area contributed by atoms with Gasteiger partial charge in [-0.1, -0.05) is 42.1 Å². The van der Waals surface area contributed by atoms with E-state index >= 15 is 0 Å². The number of aromatic nitrogens is 1. The first-order valence-corrected chi connectivity index (χ1v) is 9.02. The topological polar surface area (TPSA) is 46.3 Å². The summed E-state index contributed by atoms with van der Waals surface area (Å²) in [6, 6.07) is 15.8. The Balaban J connectivity index is 1.54. The van der Waals surface area contributed by atoms with Gasteiger partial charge in [-0.05, 0) is 43.5 Å². The van der Waals surface area contributed by atoms with Crippen molar-refractivity contribution in [2.45, 2.75) is 30.2 Å². The van der Waals surface area contributed by atoms with Crippen LogP contribution in [0.2, 0.25) is 0 Å². The van der Waals surface area contributed by atoms with Gasteiger partial charge in [0.1, 0.15) is 5.52 Å². The number of para-hydroxylation sites is 3. The minimum Gasteiger partial charge on any atom is -0.431 e. The minimum atomic E-state index is -0.246. The van der Waals surface area contributed by atoms with E-state index < -0.39 is 0 Å². The van der Waals surface area contributed by atoms with Crippen molar-refractivity contribution in [3.05, 3.63) is 54.1 Å². The highest BCUT2D eigenvalue weighted by molar-refractivity contribution is 8.00. The van der Waals surface area contributed by atoms with E-state index in [4.69, 9.17) is 4.42 Å². The van der Waals surface area contributed by atoms with Gasteiger partial charge in [0.25, 0.3) is 5.22 Å². The largest absolute Gasteiger partial charge is 0.431 e. The van der Waals surface area contributed by atoms with Crippen LogP contribution in [0.3, 0.4) is 0 Å². The first kappa shape index (κ1) is 15.3. The molecule has 0 spiro atoms. The van der Waals surface area contributed by atoms with Gasteiger partial charge >= 0.3 is 0 Å². The molecule has 1 aromatic heterocycles. The van der Waals surface area contributed by atoms with Gasteiger partial charge in [0.2, 0.25) is 5.91 Å². The van der Waals surface area contributed by atoms with E-state index in [0.717, 1.165) is 36.2 Å². The maximum Gasteiger partial charge on any atom is 0.257 e. The molecule has 3 aromatic rings. The number of nitrogens with zero attached hydrogens (tertiary/aromatic N) is 2. The number of oxazole rings is 1. The molecule has 0 saturated carbocycles. The molecule has 1 atom stereocenters. The van der Waals surface area contributed by atoms with Gasteiger partial charge in [-0.3, -0.25) is 4.79 Å². The Bertz CT molecular complexity index is 857. The van der Waals surface area contributed by atoms with Crippen molar-refractivity contribution in [2.24, 2.45) is 0 Å². The fourth-order valence-corrected chi connectivity index (χ4v) is 3.90. The van der Waals surface area contributed by atoms with Crippen LogP contribution in [0.4, 0.5) is 5.69 Å². The molecule has 4 nitrogen and oxygen atoms in total. The fourth-order valence-electron chi connectivity index (χ4n) is 3.09. The highest BCUT2D eigenvalue weighted by Crippen LogP contribution is 2.31. The quantitative estimate of drug-likeness (QED) is 0.669. The maximum atomic E-state index is 12.9. The Hall–Kier alpha value is -2.27. The lowest BCUT2D eigenvalue weighted by Gasteiger charge is -2.31. The first-order valence-electron chi connectivity index (χ1n) is 8.14. The second-order valence-electron chi connectivity index (χ2n) is 5.93. The Morgan fingerprint density at radius 1 is 1.21 bits per heavy atom. The Kier molecular flexibility index (Phi) is 4.02. The second kappa shape index (κ2) is 6.32. The smallest absolute Gasteiger partial charge is 0.257 e. The van der Waals surface area contributed by atoms with Gasteiger partial charge in [0, 0.05) is 12.2 Å². The molecule has 1 aliphatic heterocycles. The van der Waals surface area contributed by atoms with E-state index in [1.54, 1.807) is 0 Å². The number of thioether (sulfide) groups is 1. The van der Waals surface area contributed by atoms with Crippen molar-refractivity contribution in [1.82, 2.24) is 4.98 Å². The van der Waals surface area contributed by atoms with Crippen LogP contribution in [-0.4, -0.2) is 22.7 Å². The number of anilines is 1. The second-order valence-corrected chi connectivity index (χ2v) is 7.22. The average Bonchev–Trinajstić information content (AvgIpc) is 3.02. The molecule has 122 valence electrons. The zero-order valence-electron chi connectivity index (χ0n) is 13.4. The summed E-state index contributed by atoms with van der Waals surface area (Å²) < 4.78 is 5.73. The lowest BCUT2D eigenvalue weighted by Crippen LogP contribution is -2.40. The number of aryl methyl sites for hydroxylation is 1. The van der Waals surface area contributed by atoms with Crippen molar-refractivity contribution >= 4 is 34.5 Å². The fraction of sp³-hybridized carbons (Fsp3) is 0.263. The van der Waals surface area contributed by atoms with E-state index in [1.807, 2.05) is 54.3 Å². The average molecular weight is 338 g/mol. The SMILES string of the molecule is C[C@H](Sc1nc2ccccc2o1)C(=O)N1CCCc2ccccc21. The molecule has 5 heteroatoms. The normalized spacial score (nSPS) is 15.3. The summed E-state index contributed by atoms with van der Waals surface area (Å²) in [5.41, 5.74) is 3.86. The third kappa shape index (κ3) is 2.80. The van der Waals surface area contributed by atoms with Gasteiger partial charge in [-0.2, -0.15) is 0 Å². The molecule has 0 radical (unpaired) electrons. The Morgan fingerprint density at radius 2 is 2.00 bits per heavy atom. The van der Waals surface area contributed by atoms with Gasteiger partial charge in [-0.15, -0.1) is 0 Å². The van der Waals surface area contributed by atoms with E-state index in [1.165, 1.54) is 17.3 Å². The van der Waals surface area contributed by atoms with E-state index in [-0.39, 0.29) is 11.2 Å². The van der Waals surface area contributed by atoms with Crippen molar-refractivity contribution in [3.63, 3.8) is 0 Å². The molecule has 0 aliphatic carbocycles. The number of amides is 1. The predicted molar refractivity (Wildman–Crippen MR) is 96.4 cm³/mol. The van der Waals surface area contributed by atoms with Crippen LogP contribution in [0.5, 0.6) is 0 Å². The molecule has 0 bridgehead atoms. The van der Waals surface area contributed by atoms with E-state index in [0.29, 0.717) is 5.22 Å². The summed E-state index contributed by atoms with van der Waals surface area (Å²) in [4.78, 5) is 19.3. The van der Waals surface area contributed by atoms with Crippen molar-refractivity contribution in [1.29, 1.82) is 0 Å². The van der Waals surface area contributed by atoms with Crippen molar-refractivity contribution < 1.29 is 9.21 Å². The zero-order chi connectivity index (χ0) is 16.5. The van der Waals surface area contributed by atoms with Gasteiger partial charge in [-0.25, -0.2) is 4.98 Å². The first-order chi connectivity index (χ1) is 11.7. The molecule has 1 aliphatic rings. The molecule has 0 saturated heterocycles. The Morgan fingerprint density at radius 3 is 2.88 bits per heavy atom. The number of benzene rings is 2. The molecule has 4 rings (SSSR count). The third-order valence-electron chi connectivity index (χ3n) is 4.28. The number of carbonyl (C=O) groups excluding carboxylic acids is 1. The number of rotatable bonds is 3. The van der Waals surface area contributed by atoms with Crippen LogP contribution in [0, 0.1) is 0 Å². The standard InChI is InChI=1S/C19H18N2O2S/c1-13(24-19-20-15-9-3-5-11-17(15)23-19)18(22)21-12-6-8-14-7-2-4-10-16(14)21/h2-5,7,9-11,13H,6,8,12H2,1H3/t13-/m0/s1. The van der Waals surface area contributed by atoms with Crippen LogP contribution < -0.4 is 4.90 Å². The molecule has 0 unspecified atom stereocenters. The van der Waals surface area contributed by atoms with Crippen molar-refractivity contribution in [2.75, 3.05) is 11.4 Å². The molecule has 1 amide bonds. The Labute approximate surface area is 144 Å². The van der Waals surface area contributed by atoms with Crippen LogP contribution >= 0.6 is 11.8 Å². The predicted octanol–water partition coefficient (Wildman–Crippen LogP) is 4.29. The summed E-state index contributed by atoms with van der Waals surface area (Å²) in [7, 11) is 0. The number of fused-ring (bicyclic) bond motifs is 2. The van der Waals surface area contributed by atoms with Gasteiger partial charge in [0.15, 0.2) is 5.58 Å². The summed E-state index contributed by atoms with van der Waals surface area (Å²) in [5.74, 6) is 0.106. The zero-order valence-corrected chi connectivity index (χ0v) is 14.3. The summed E-state index contributed by atoms with van der Waals surface area (Å²) in [6.45, 7) is 2.69. The lowest BCUT2D eigenvalue weighted by molar-refractivity contribution is -0.117. The molecular weight excluding hydrogens is 320 g/mol. The highest BCUT2D eigenvalue weighted by atomic mass is 32.2. The van der Waals surface area contributed by atoms with Crippen LogP contribution in [0.25, 0.3) is 11.1 Å². The number of hydrogen-bond acceptors (Lipinski definition) is 4. The molecule has 0 N–H and O–H groups in total. The molecular formula is C19H18N2O2S. The number of hydrogen-bond donors (Lipinski definition) is 0. The molecule has 2 heterocycles. The monoisotopic (exact) mass is 338 g/mol. The van der Waals surface area contributed by atoms with E-state index in [9.17, 15) is 4.79 Å². The molecule has 2 aromatic carbocycles. The maximum absolute atomic E-state index is 12.9. The summed E-state index contributed by atoms with van der Waals surface area (Å²) in [5, 5.41) is 0.298. The third-order valence-corrected chi connectivity index (χ3v) is 5.21. The van der Waals surface area contributed by atoms with Gasteiger partial charge in [0.05, 0.1) is 5.25 Å². The molecule has 0 fully saturated rings. The minimum absolute atomic E-state index is 0.106.